The lowest BCUT2D eigenvalue weighted by atomic mass is 9.90. The second-order valence-electron chi connectivity index (χ2n) is 9.13. The van der Waals surface area contributed by atoms with Crippen molar-refractivity contribution in [3.63, 3.8) is 0 Å². The molecule has 1 N–H and O–H groups in total. The highest BCUT2D eigenvalue weighted by molar-refractivity contribution is 8.16. The fourth-order valence-electron chi connectivity index (χ4n) is 4.75. The third-order valence-electron chi connectivity index (χ3n) is 6.62. The normalized spacial score (nSPS) is 16.0. The van der Waals surface area contributed by atoms with Gasteiger partial charge in [0.15, 0.2) is 5.17 Å². The number of hydrogen-bond acceptors (Lipinski definition) is 9. The number of nitrogens with zero attached hydrogens (tertiary/aromatic N) is 3. The molecule has 9 nitrogen and oxygen atoms in total. The maximum Gasteiger partial charge on any atom is 0.338 e. The summed E-state index contributed by atoms with van der Waals surface area (Å²) in [5.41, 5.74) is 3.81. The second kappa shape index (κ2) is 12.7. The molecular weight excluding hydrogens is 540 g/mol. The molecule has 5 rings (SSSR count). The topological polar surface area (TPSA) is 102 Å². The third kappa shape index (κ3) is 5.97. The Labute approximate surface area is 242 Å². The van der Waals surface area contributed by atoms with E-state index in [2.05, 4.69) is 10.3 Å². The Hall–Kier alpha value is -4.57. The number of amidine groups is 1. The van der Waals surface area contributed by atoms with Gasteiger partial charge in [0, 0.05) is 29.1 Å². The zero-order valence-corrected chi connectivity index (χ0v) is 23.8. The molecule has 210 valence electrons. The van der Waals surface area contributed by atoms with Gasteiger partial charge in [0.1, 0.15) is 11.5 Å². The van der Waals surface area contributed by atoms with E-state index in [0.29, 0.717) is 45.7 Å². The van der Waals surface area contributed by atoms with Crippen molar-refractivity contribution in [3.8, 4) is 11.5 Å². The van der Waals surface area contributed by atoms with Crippen LogP contribution in [0.25, 0.3) is 5.70 Å². The summed E-state index contributed by atoms with van der Waals surface area (Å²) in [5.74, 6) is 0.467. The summed E-state index contributed by atoms with van der Waals surface area (Å²) in [6, 6.07) is 19.9. The summed E-state index contributed by atoms with van der Waals surface area (Å²) in [4.78, 5) is 37.9. The number of esters is 1. The minimum Gasteiger partial charge on any atom is -0.497 e. The standard InChI is InChI=1S/C31H30N4O5S/c1-4-40-30(37)27-28(20-10-6-5-7-11-20)34-31-35(29(27)24-14-13-23(38-2)17-25(24)39-3)22(19-41-31)16-26(36)33-18-21-12-8-9-15-32-21/h5-15,17,19,29H,4,16,18H2,1-3H3,(H,33,36). The first-order chi connectivity index (χ1) is 20.0. The Kier molecular flexibility index (Phi) is 8.69. The van der Waals surface area contributed by atoms with E-state index in [1.54, 1.807) is 33.4 Å². The maximum atomic E-state index is 13.7. The number of fused-ring (bicyclic) bond motifs is 1. The van der Waals surface area contributed by atoms with Crippen molar-refractivity contribution >= 4 is 34.5 Å². The number of hydrogen-bond donors (Lipinski definition) is 1. The SMILES string of the molecule is CCOC(=O)C1=C(c2ccccc2)N=C2SC=C(CC(=O)NCc3ccccn3)N2C1c1ccc(OC)cc1OC. The van der Waals surface area contributed by atoms with Crippen molar-refractivity contribution in [1.82, 2.24) is 15.2 Å². The summed E-state index contributed by atoms with van der Waals surface area (Å²) in [5, 5.41) is 5.49. The van der Waals surface area contributed by atoms with Gasteiger partial charge in [0.05, 0.1) is 56.8 Å². The van der Waals surface area contributed by atoms with Gasteiger partial charge in [0.25, 0.3) is 0 Å². The van der Waals surface area contributed by atoms with E-state index in [1.165, 1.54) is 11.8 Å². The van der Waals surface area contributed by atoms with E-state index < -0.39 is 12.0 Å². The number of aromatic nitrogens is 1. The molecule has 2 aliphatic heterocycles. The van der Waals surface area contributed by atoms with Crippen LogP contribution < -0.4 is 14.8 Å². The van der Waals surface area contributed by atoms with Crippen LogP contribution in [0.5, 0.6) is 11.5 Å². The van der Waals surface area contributed by atoms with Crippen LogP contribution in [-0.4, -0.2) is 47.8 Å². The molecular formula is C31H30N4O5S. The van der Waals surface area contributed by atoms with Crippen molar-refractivity contribution in [2.45, 2.75) is 25.9 Å². The van der Waals surface area contributed by atoms with Gasteiger partial charge in [-0.15, -0.1) is 0 Å². The van der Waals surface area contributed by atoms with Gasteiger partial charge in [-0.25, -0.2) is 9.79 Å². The van der Waals surface area contributed by atoms with Gasteiger partial charge >= 0.3 is 5.97 Å². The Balaban J connectivity index is 1.58. The minimum atomic E-state index is -0.678. The first-order valence-corrected chi connectivity index (χ1v) is 14.0. The minimum absolute atomic E-state index is 0.0740. The molecule has 1 unspecified atom stereocenters. The first-order valence-electron chi connectivity index (χ1n) is 13.1. The zero-order chi connectivity index (χ0) is 28.8. The molecule has 41 heavy (non-hydrogen) atoms. The molecule has 0 bridgehead atoms. The van der Waals surface area contributed by atoms with Crippen molar-refractivity contribution in [3.05, 3.63) is 106 Å². The van der Waals surface area contributed by atoms with Crippen molar-refractivity contribution in [2.75, 3.05) is 20.8 Å². The molecule has 1 aromatic heterocycles. The highest BCUT2D eigenvalue weighted by Crippen LogP contribution is 2.49. The molecule has 2 aromatic carbocycles. The molecule has 1 amide bonds. The van der Waals surface area contributed by atoms with E-state index in [4.69, 9.17) is 19.2 Å². The Bertz CT molecular complexity index is 1520. The molecule has 0 fully saturated rings. The molecule has 3 aromatic rings. The number of methoxy groups -OCH3 is 2. The van der Waals surface area contributed by atoms with E-state index in [0.717, 1.165) is 11.3 Å². The molecule has 0 aliphatic carbocycles. The molecule has 2 aliphatic rings. The number of amides is 1. The number of aliphatic imine (C=N–C) groups is 1. The van der Waals surface area contributed by atoms with Crippen LogP contribution in [0.4, 0.5) is 0 Å². The van der Waals surface area contributed by atoms with Crippen LogP contribution in [-0.2, 0) is 20.9 Å². The Morgan fingerprint density at radius 2 is 1.83 bits per heavy atom. The first kappa shape index (κ1) is 28.0. The summed E-state index contributed by atoms with van der Waals surface area (Å²) >= 11 is 1.41. The van der Waals surface area contributed by atoms with Crippen LogP contribution >= 0.6 is 11.8 Å². The third-order valence-corrected chi connectivity index (χ3v) is 7.51. The lowest BCUT2D eigenvalue weighted by Gasteiger charge is -2.37. The number of rotatable bonds is 10. The highest BCUT2D eigenvalue weighted by atomic mass is 32.2. The van der Waals surface area contributed by atoms with Crippen LogP contribution in [0, 0.1) is 0 Å². The maximum absolute atomic E-state index is 13.7. The predicted molar refractivity (Wildman–Crippen MR) is 158 cm³/mol. The zero-order valence-electron chi connectivity index (χ0n) is 23.0. The molecule has 0 spiro atoms. The van der Waals surface area contributed by atoms with Crippen molar-refractivity contribution in [1.29, 1.82) is 0 Å². The van der Waals surface area contributed by atoms with E-state index in [-0.39, 0.29) is 18.9 Å². The smallest absolute Gasteiger partial charge is 0.338 e. The number of carbonyl (C=O) groups excluding carboxylic acids is 2. The van der Waals surface area contributed by atoms with Crippen LogP contribution in [0.15, 0.2) is 94.6 Å². The number of ether oxygens (including phenoxy) is 3. The second-order valence-corrected chi connectivity index (χ2v) is 9.96. The summed E-state index contributed by atoms with van der Waals surface area (Å²) in [6.07, 6.45) is 1.76. The van der Waals surface area contributed by atoms with E-state index in [1.807, 2.05) is 71.0 Å². The monoisotopic (exact) mass is 570 g/mol. The molecule has 0 saturated heterocycles. The predicted octanol–water partition coefficient (Wildman–Crippen LogP) is 5.08. The lowest BCUT2D eigenvalue weighted by Crippen LogP contribution is -2.38. The quantitative estimate of drug-likeness (QED) is 0.337. The van der Waals surface area contributed by atoms with Crippen molar-refractivity contribution < 1.29 is 23.8 Å². The van der Waals surface area contributed by atoms with Gasteiger partial charge in [-0.1, -0.05) is 48.2 Å². The number of carbonyl (C=O) groups is 2. The molecule has 0 radical (unpaired) electrons. The fourth-order valence-corrected chi connectivity index (χ4v) is 5.66. The van der Waals surface area contributed by atoms with Gasteiger partial charge in [-0.2, -0.15) is 0 Å². The number of pyridine rings is 1. The van der Waals surface area contributed by atoms with Crippen LogP contribution in [0.2, 0.25) is 0 Å². The average Bonchev–Trinajstić information content (AvgIpc) is 3.41. The number of thioether (sulfide) groups is 1. The lowest BCUT2D eigenvalue weighted by molar-refractivity contribution is -0.139. The van der Waals surface area contributed by atoms with Gasteiger partial charge < -0.3 is 24.4 Å². The summed E-state index contributed by atoms with van der Waals surface area (Å²) in [6.45, 7) is 2.27. The van der Waals surface area contributed by atoms with E-state index in [9.17, 15) is 9.59 Å². The van der Waals surface area contributed by atoms with E-state index >= 15 is 0 Å². The molecule has 1 atom stereocenters. The largest absolute Gasteiger partial charge is 0.497 e. The van der Waals surface area contributed by atoms with Crippen molar-refractivity contribution in [2.24, 2.45) is 4.99 Å². The average molecular weight is 571 g/mol. The molecule has 0 saturated carbocycles. The van der Waals surface area contributed by atoms with Crippen LogP contribution in [0.1, 0.15) is 36.2 Å². The number of nitrogens with one attached hydrogen (secondary N) is 1. The molecule has 3 heterocycles. The van der Waals surface area contributed by atoms with Crippen LogP contribution in [0.3, 0.4) is 0 Å². The summed E-state index contributed by atoms with van der Waals surface area (Å²) < 4.78 is 16.8. The molecule has 10 heteroatoms. The van der Waals surface area contributed by atoms with Gasteiger partial charge in [-0.05, 0) is 36.6 Å². The Morgan fingerprint density at radius 1 is 1.02 bits per heavy atom. The highest BCUT2D eigenvalue weighted by Gasteiger charge is 2.43. The fraction of sp³-hybridized carbons (Fsp3) is 0.226. The summed E-state index contributed by atoms with van der Waals surface area (Å²) in [7, 11) is 3.15. The Morgan fingerprint density at radius 3 is 2.54 bits per heavy atom. The number of benzene rings is 2. The van der Waals surface area contributed by atoms with Gasteiger partial charge in [-0.3, -0.25) is 9.78 Å². The van der Waals surface area contributed by atoms with Gasteiger partial charge in [0.2, 0.25) is 5.91 Å².